The van der Waals surface area contributed by atoms with Crippen LogP contribution < -0.4 is 5.32 Å². The van der Waals surface area contributed by atoms with Crippen LogP contribution in [-0.4, -0.2) is 99.6 Å². The van der Waals surface area contributed by atoms with Crippen LogP contribution in [0.25, 0.3) is 0 Å². The lowest BCUT2D eigenvalue weighted by atomic mass is 9.99. The van der Waals surface area contributed by atoms with Gasteiger partial charge in [-0.05, 0) is 109 Å². The summed E-state index contributed by atoms with van der Waals surface area (Å²) in [5.41, 5.74) is 0. The minimum atomic E-state index is -1.66. The molecule has 1 rings (SSSR count). The van der Waals surface area contributed by atoms with Crippen molar-refractivity contribution >= 4 is 11.9 Å². The highest BCUT2D eigenvalue weighted by atomic mass is 16.7. The van der Waals surface area contributed by atoms with E-state index in [1.54, 1.807) is 6.08 Å². The second-order valence-electron chi connectivity index (χ2n) is 22.8. The van der Waals surface area contributed by atoms with Gasteiger partial charge in [-0.2, -0.15) is 0 Å². The zero-order valence-electron chi connectivity index (χ0n) is 53.7. The van der Waals surface area contributed by atoms with Gasteiger partial charge in [0.15, 0.2) is 12.4 Å². The molecule has 1 heterocycles. The maximum atomic E-state index is 13.5. The third-order valence-electron chi connectivity index (χ3n) is 15.0. The number of hydrogen-bond acceptors (Lipinski definition) is 10. The second kappa shape index (κ2) is 60.1. The highest BCUT2D eigenvalue weighted by Crippen LogP contribution is 2.26. The second-order valence-corrected chi connectivity index (χ2v) is 22.8. The van der Waals surface area contributed by atoms with Crippen LogP contribution in [0.4, 0.5) is 0 Å². The van der Waals surface area contributed by atoms with Gasteiger partial charge in [0.05, 0.1) is 25.4 Å². The molecule has 11 nitrogen and oxygen atoms in total. The van der Waals surface area contributed by atoms with Gasteiger partial charge in [-0.3, -0.25) is 9.59 Å². The molecule has 1 saturated heterocycles. The molecule has 0 radical (unpaired) electrons. The molecule has 0 aliphatic carbocycles. The van der Waals surface area contributed by atoms with E-state index in [4.69, 9.17) is 14.2 Å². The number of esters is 1. The van der Waals surface area contributed by atoms with Crippen LogP contribution in [0.1, 0.15) is 258 Å². The summed E-state index contributed by atoms with van der Waals surface area (Å²) in [6.07, 6.45) is 74.9. The Morgan fingerprint density at radius 3 is 1.29 bits per heavy atom. The Balaban J connectivity index is 2.68. The predicted molar refractivity (Wildman–Crippen MR) is 356 cm³/mol. The maximum Gasteiger partial charge on any atom is 0.306 e. The third-order valence-corrected chi connectivity index (χ3v) is 15.0. The maximum absolute atomic E-state index is 13.5. The number of aliphatic hydroxyl groups excluding tert-OH is 5. The van der Waals surface area contributed by atoms with E-state index in [1.807, 2.05) is 18.2 Å². The summed E-state index contributed by atoms with van der Waals surface area (Å²) in [6, 6.07) is -1.05. The molecule has 1 fully saturated rings. The van der Waals surface area contributed by atoms with Crippen molar-refractivity contribution in [2.45, 2.75) is 307 Å². The average Bonchev–Trinajstić information content (AvgIpc) is 2.49. The highest BCUT2D eigenvalue weighted by molar-refractivity contribution is 5.80. The molecule has 0 aromatic rings. The van der Waals surface area contributed by atoms with Crippen molar-refractivity contribution in [2.24, 2.45) is 0 Å². The van der Waals surface area contributed by atoms with E-state index in [-0.39, 0.29) is 19.4 Å². The molecule has 11 heteroatoms. The number of hydrogen-bond donors (Lipinski definition) is 6. The van der Waals surface area contributed by atoms with Gasteiger partial charge in [0.25, 0.3) is 0 Å². The topological polar surface area (TPSA) is 175 Å². The van der Waals surface area contributed by atoms with E-state index in [0.717, 1.165) is 109 Å². The molecule has 0 aromatic heterocycles. The number of ether oxygens (including phenoxy) is 3. The molecule has 0 bridgehead atoms. The average molecular weight is 1190 g/mol. The van der Waals surface area contributed by atoms with Crippen molar-refractivity contribution in [1.82, 2.24) is 5.32 Å². The SMILES string of the molecule is CC/C=C\C/C=C\C/C=C\C/C=C\C/C=C\C/C=C\CCC(=O)OC1C(OCC(NC(=O)C(O)CCCCCCCCCC/C=C\C/C=C\C/C=C\C/C=C\CCCCC)C(O)/C=C/CCCCCCCCCCCCC)OC(CO)C(O)C1O. The predicted octanol–water partition coefficient (Wildman–Crippen LogP) is 17.2. The fourth-order valence-corrected chi connectivity index (χ4v) is 9.72. The fourth-order valence-electron chi connectivity index (χ4n) is 9.72. The molecule has 6 N–H and O–H groups in total. The summed E-state index contributed by atoms with van der Waals surface area (Å²) in [5, 5.41) is 57.1. The van der Waals surface area contributed by atoms with E-state index < -0.39 is 67.4 Å². The van der Waals surface area contributed by atoms with Gasteiger partial charge < -0.3 is 45.1 Å². The minimum absolute atomic E-state index is 0.00926. The van der Waals surface area contributed by atoms with Crippen LogP contribution in [0.5, 0.6) is 0 Å². The van der Waals surface area contributed by atoms with Crippen molar-refractivity contribution in [3.05, 3.63) is 134 Å². The number of nitrogens with one attached hydrogen (secondary N) is 1. The van der Waals surface area contributed by atoms with Crippen LogP contribution >= 0.6 is 0 Å². The van der Waals surface area contributed by atoms with Crippen molar-refractivity contribution in [3.63, 3.8) is 0 Å². The van der Waals surface area contributed by atoms with Crippen LogP contribution in [-0.2, 0) is 23.8 Å². The number of allylic oxidation sites excluding steroid dienone is 21. The molecule has 1 aliphatic rings. The minimum Gasteiger partial charge on any atom is -0.454 e. The van der Waals surface area contributed by atoms with Gasteiger partial charge in [-0.15, -0.1) is 0 Å². The van der Waals surface area contributed by atoms with E-state index in [1.165, 1.54) is 96.3 Å². The molecule has 484 valence electrons. The first-order valence-corrected chi connectivity index (χ1v) is 34.0. The Labute approximate surface area is 518 Å². The number of rotatable bonds is 56. The van der Waals surface area contributed by atoms with E-state index >= 15 is 0 Å². The summed E-state index contributed by atoms with van der Waals surface area (Å²) in [5.74, 6) is -1.30. The molecule has 1 amide bonds. The number of carbonyl (C=O) groups is 2. The molecule has 0 aromatic carbocycles. The molecular formula is C74H123NO10. The van der Waals surface area contributed by atoms with Crippen molar-refractivity contribution in [3.8, 4) is 0 Å². The monoisotopic (exact) mass is 1190 g/mol. The van der Waals surface area contributed by atoms with Crippen molar-refractivity contribution < 1.29 is 49.3 Å². The number of unbranched alkanes of at least 4 members (excludes halogenated alkanes) is 22. The zero-order valence-corrected chi connectivity index (χ0v) is 53.7. The molecule has 8 atom stereocenters. The molecular weight excluding hydrogens is 1060 g/mol. The van der Waals surface area contributed by atoms with Gasteiger partial charge in [-0.25, -0.2) is 0 Å². The lowest BCUT2D eigenvalue weighted by molar-refractivity contribution is -0.305. The number of aliphatic hydroxyl groups is 5. The van der Waals surface area contributed by atoms with Gasteiger partial charge in [0, 0.05) is 6.42 Å². The Bertz CT molecular complexity index is 1890. The summed E-state index contributed by atoms with van der Waals surface area (Å²) >= 11 is 0. The zero-order chi connectivity index (χ0) is 61.7. The van der Waals surface area contributed by atoms with E-state index in [2.05, 4.69) is 135 Å². The first-order chi connectivity index (χ1) is 41.7. The number of carbonyl (C=O) groups excluding carboxylic acids is 2. The molecule has 1 aliphatic heterocycles. The number of amides is 1. The van der Waals surface area contributed by atoms with Crippen molar-refractivity contribution in [1.29, 1.82) is 0 Å². The molecule has 85 heavy (non-hydrogen) atoms. The molecule has 0 spiro atoms. The van der Waals surface area contributed by atoms with Crippen LogP contribution in [0.3, 0.4) is 0 Å². The van der Waals surface area contributed by atoms with Gasteiger partial charge in [-0.1, -0.05) is 276 Å². The first kappa shape index (κ1) is 78.8. The Morgan fingerprint density at radius 1 is 0.471 bits per heavy atom. The Hall–Kier alpha value is -4.20. The summed E-state index contributed by atoms with van der Waals surface area (Å²) in [6.45, 7) is 5.61. The van der Waals surface area contributed by atoms with Gasteiger partial charge in [0.2, 0.25) is 5.91 Å². The van der Waals surface area contributed by atoms with Crippen molar-refractivity contribution in [2.75, 3.05) is 13.2 Å². The lowest BCUT2D eigenvalue weighted by Crippen LogP contribution is -2.61. The quantitative estimate of drug-likeness (QED) is 0.0195. The van der Waals surface area contributed by atoms with Crippen LogP contribution in [0.15, 0.2) is 134 Å². The van der Waals surface area contributed by atoms with Crippen LogP contribution in [0.2, 0.25) is 0 Å². The Morgan fingerprint density at radius 2 is 0.847 bits per heavy atom. The molecule has 0 saturated carbocycles. The normalized spacial score (nSPS) is 19.3. The highest BCUT2D eigenvalue weighted by Gasteiger charge is 2.47. The van der Waals surface area contributed by atoms with Gasteiger partial charge >= 0.3 is 5.97 Å². The first-order valence-electron chi connectivity index (χ1n) is 34.0. The summed E-state index contributed by atoms with van der Waals surface area (Å²) in [4.78, 5) is 26.6. The standard InChI is InChI=1S/C74H123NO10/c1-4-7-10-13-16-19-22-25-27-29-31-32-33-34-35-37-38-40-43-46-49-52-55-58-61-67(78)73(82)75-65(66(77)60-57-54-51-48-45-42-24-21-18-15-12-9-6-3)64-83-74-72(71(81)70(80)68(63-76)84-74)85-69(79)62-59-56-53-50-47-44-41-39-36-30-28-26-23-20-17-14-11-8-5-2/h8,11,16-17,19-20,25-28,31-32,34-36,39,44,47,53,56-57,60,65-68,70-72,74,76-78,80-81H,4-7,9-10,12-15,18,21-24,29-30,33,37-38,40-43,45-46,48-52,54-55,58-59,61-64H2,1-3H3,(H,75,82)/b11-8-,19-16-,20-17-,27-25-,28-26-,32-31-,35-34-,39-36-,47-44-,56-53-,60-57+. The Kier molecular flexibility index (Phi) is 55.7. The third kappa shape index (κ3) is 47.5. The van der Waals surface area contributed by atoms with Gasteiger partial charge in [0.1, 0.15) is 24.4 Å². The molecule has 8 unspecified atom stereocenters. The summed E-state index contributed by atoms with van der Waals surface area (Å²) < 4.78 is 17.6. The van der Waals surface area contributed by atoms with E-state index in [9.17, 15) is 35.1 Å². The summed E-state index contributed by atoms with van der Waals surface area (Å²) in [7, 11) is 0. The fraction of sp³-hybridized carbons (Fsp3) is 0.676. The lowest BCUT2D eigenvalue weighted by Gasteiger charge is -2.41. The van der Waals surface area contributed by atoms with Crippen LogP contribution in [0, 0.1) is 0 Å². The largest absolute Gasteiger partial charge is 0.454 e. The smallest absolute Gasteiger partial charge is 0.306 e. The van der Waals surface area contributed by atoms with E-state index in [0.29, 0.717) is 19.3 Å².